The van der Waals surface area contributed by atoms with Crippen molar-refractivity contribution in [2.45, 2.75) is 26.4 Å². The fraction of sp³-hybridized carbons (Fsp3) is 0.400. The normalized spacial score (nSPS) is 11.5. The summed E-state index contributed by atoms with van der Waals surface area (Å²) in [6.45, 7) is 4.90. The summed E-state index contributed by atoms with van der Waals surface area (Å²) in [6.07, 6.45) is 0.990. The molecule has 0 N–H and O–H groups in total. The summed E-state index contributed by atoms with van der Waals surface area (Å²) in [6, 6.07) is 12.8. The Morgan fingerprint density at radius 2 is 1.58 bits per heavy atom. The zero-order valence-electron chi connectivity index (χ0n) is 14.7. The fourth-order valence-electron chi connectivity index (χ4n) is 2.67. The summed E-state index contributed by atoms with van der Waals surface area (Å²) < 4.78 is 27.5. The lowest BCUT2D eigenvalue weighted by atomic mass is 10.1. The van der Waals surface area contributed by atoms with Gasteiger partial charge in [-0.05, 0) is 37.7 Å². The molecule has 0 aromatic heterocycles. The second-order valence-electron chi connectivity index (χ2n) is 6.40. The van der Waals surface area contributed by atoms with Crippen molar-refractivity contribution in [2.75, 3.05) is 27.2 Å². The van der Waals surface area contributed by atoms with Crippen molar-refractivity contribution in [1.29, 1.82) is 0 Å². The first-order chi connectivity index (χ1) is 11.5. The molecule has 4 heteroatoms. The van der Waals surface area contributed by atoms with Gasteiger partial charge in [-0.3, -0.25) is 4.90 Å². The van der Waals surface area contributed by atoms with Crippen molar-refractivity contribution in [1.82, 2.24) is 9.80 Å². The van der Waals surface area contributed by atoms with Crippen molar-refractivity contribution in [2.24, 2.45) is 0 Å². The third-order valence-corrected chi connectivity index (χ3v) is 4.09. The van der Waals surface area contributed by atoms with Gasteiger partial charge in [0, 0.05) is 31.7 Å². The number of rotatable bonds is 8. The molecule has 0 spiro atoms. The van der Waals surface area contributed by atoms with Crippen molar-refractivity contribution >= 4 is 0 Å². The maximum absolute atomic E-state index is 14.0. The number of hydrogen-bond acceptors (Lipinski definition) is 2. The van der Waals surface area contributed by atoms with Gasteiger partial charge in [0.25, 0.3) is 0 Å². The molecule has 0 aliphatic carbocycles. The van der Waals surface area contributed by atoms with Crippen molar-refractivity contribution < 1.29 is 8.78 Å². The predicted octanol–water partition coefficient (Wildman–Crippen LogP) is 4.09. The molecule has 0 radical (unpaired) electrons. The minimum Gasteiger partial charge on any atom is -0.308 e. The highest BCUT2D eigenvalue weighted by molar-refractivity contribution is 5.24. The Morgan fingerprint density at radius 1 is 0.875 bits per heavy atom. The van der Waals surface area contributed by atoms with Gasteiger partial charge in [-0.1, -0.05) is 43.3 Å². The molecule has 130 valence electrons. The number of halogens is 2. The van der Waals surface area contributed by atoms with Crippen LogP contribution in [-0.2, 0) is 19.5 Å². The first-order valence-electron chi connectivity index (χ1n) is 8.37. The minimum atomic E-state index is -0.784. The molecule has 2 nitrogen and oxygen atoms in total. The first kappa shape index (κ1) is 18.6. The van der Waals surface area contributed by atoms with Crippen LogP contribution in [0.5, 0.6) is 0 Å². The Bertz CT molecular complexity index is 656. The first-order valence-corrected chi connectivity index (χ1v) is 8.37. The van der Waals surface area contributed by atoms with Crippen molar-refractivity contribution in [3.05, 3.63) is 70.8 Å². The second-order valence-corrected chi connectivity index (χ2v) is 6.40. The Morgan fingerprint density at radius 3 is 2.29 bits per heavy atom. The monoisotopic (exact) mass is 332 g/mol. The van der Waals surface area contributed by atoms with Crippen LogP contribution in [0.4, 0.5) is 8.78 Å². The van der Waals surface area contributed by atoms with Crippen molar-refractivity contribution in [3.63, 3.8) is 0 Å². The number of hydrogen-bond donors (Lipinski definition) is 0. The van der Waals surface area contributed by atoms with Crippen LogP contribution < -0.4 is 0 Å². The molecular weight excluding hydrogens is 306 g/mol. The van der Waals surface area contributed by atoms with Crippen LogP contribution in [-0.4, -0.2) is 37.0 Å². The van der Waals surface area contributed by atoms with E-state index in [9.17, 15) is 8.78 Å². The topological polar surface area (TPSA) is 6.48 Å². The molecule has 0 unspecified atom stereocenters. The molecule has 24 heavy (non-hydrogen) atoms. The Hall–Kier alpha value is -1.78. The molecule has 0 aliphatic heterocycles. The maximum atomic E-state index is 14.0. The molecule has 0 fully saturated rings. The number of likely N-dealkylation sites (N-methyl/N-ethyl adjacent to an activating group) is 1. The minimum absolute atomic E-state index is 0.397. The summed E-state index contributed by atoms with van der Waals surface area (Å²) in [5.74, 6) is -1.53. The standard InChI is InChI=1S/C20H26F2N2/c1-4-16-7-5-8-17(13-16)14-24(12-11-23(2)3)15-18-9-6-10-19(21)20(18)22/h5-10,13H,4,11-12,14-15H2,1-3H3. The Labute approximate surface area is 143 Å². The Balaban J connectivity index is 2.15. The van der Waals surface area contributed by atoms with Gasteiger partial charge in [0.1, 0.15) is 0 Å². The largest absolute Gasteiger partial charge is 0.308 e. The van der Waals surface area contributed by atoms with Crippen LogP contribution in [0.15, 0.2) is 42.5 Å². The van der Waals surface area contributed by atoms with E-state index in [4.69, 9.17) is 0 Å². The predicted molar refractivity (Wildman–Crippen MR) is 94.8 cm³/mol. The summed E-state index contributed by atoms with van der Waals surface area (Å²) in [5, 5.41) is 0. The van der Waals surface area contributed by atoms with Gasteiger partial charge < -0.3 is 4.90 Å². The number of benzene rings is 2. The van der Waals surface area contributed by atoms with Gasteiger partial charge >= 0.3 is 0 Å². The lowest BCUT2D eigenvalue weighted by Gasteiger charge is -2.25. The van der Waals surface area contributed by atoms with Crippen molar-refractivity contribution in [3.8, 4) is 0 Å². The highest BCUT2D eigenvalue weighted by Gasteiger charge is 2.13. The lowest BCUT2D eigenvalue weighted by molar-refractivity contribution is 0.223. The zero-order valence-corrected chi connectivity index (χ0v) is 14.7. The van der Waals surface area contributed by atoms with E-state index in [1.807, 2.05) is 14.1 Å². The number of nitrogens with zero attached hydrogens (tertiary/aromatic N) is 2. The molecule has 0 saturated carbocycles. The second kappa shape index (κ2) is 8.90. The Kier molecular flexibility index (Phi) is 6.88. The molecule has 0 atom stereocenters. The molecule has 0 heterocycles. The highest BCUT2D eigenvalue weighted by atomic mass is 19.2. The van der Waals surface area contributed by atoms with Gasteiger partial charge in [-0.2, -0.15) is 0 Å². The maximum Gasteiger partial charge on any atom is 0.163 e. The number of aryl methyl sites for hydroxylation is 1. The molecule has 0 saturated heterocycles. The SMILES string of the molecule is CCc1cccc(CN(CCN(C)C)Cc2cccc(F)c2F)c1. The van der Waals surface area contributed by atoms with Crippen LogP contribution in [0.3, 0.4) is 0 Å². The summed E-state index contributed by atoms with van der Waals surface area (Å²) >= 11 is 0. The van der Waals surface area contributed by atoms with Crippen LogP contribution in [0.2, 0.25) is 0 Å². The van der Waals surface area contributed by atoms with Crippen LogP contribution in [0.25, 0.3) is 0 Å². The van der Waals surface area contributed by atoms with E-state index in [1.54, 1.807) is 12.1 Å². The summed E-state index contributed by atoms with van der Waals surface area (Å²) in [4.78, 5) is 4.25. The molecular formula is C20H26F2N2. The van der Waals surface area contributed by atoms with E-state index in [2.05, 4.69) is 41.0 Å². The van der Waals surface area contributed by atoms with Crippen LogP contribution >= 0.6 is 0 Å². The molecule has 2 rings (SSSR count). The van der Waals surface area contributed by atoms with E-state index in [0.29, 0.717) is 12.1 Å². The average Bonchev–Trinajstić information content (AvgIpc) is 2.57. The van der Waals surface area contributed by atoms with Gasteiger partial charge in [-0.15, -0.1) is 0 Å². The van der Waals surface area contributed by atoms with E-state index >= 15 is 0 Å². The van der Waals surface area contributed by atoms with Gasteiger partial charge in [0.05, 0.1) is 0 Å². The van der Waals surface area contributed by atoms with Gasteiger partial charge in [0.15, 0.2) is 11.6 Å². The van der Waals surface area contributed by atoms with E-state index in [1.165, 1.54) is 11.1 Å². The van der Waals surface area contributed by atoms with Gasteiger partial charge in [-0.25, -0.2) is 8.78 Å². The van der Waals surface area contributed by atoms with Crippen LogP contribution in [0, 0.1) is 11.6 Å². The quantitative estimate of drug-likeness (QED) is 0.718. The molecule has 0 amide bonds. The molecule has 2 aromatic rings. The van der Waals surface area contributed by atoms with Gasteiger partial charge in [0.2, 0.25) is 0 Å². The zero-order chi connectivity index (χ0) is 17.5. The smallest absolute Gasteiger partial charge is 0.163 e. The van der Waals surface area contributed by atoms with E-state index < -0.39 is 11.6 Å². The third kappa shape index (κ3) is 5.39. The molecule has 0 aliphatic rings. The van der Waals surface area contributed by atoms with E-state index in [0.717, 1.165) is 32.1 Å². The summed E-state index contributed by atoms with van der Waals surface area (Å²) in [5.41, 5.74) is 2.89. The molecule has 0 bridgehead atoms. The lowest BCUT2D eigenvalue weighted by Crippen LogP contribution is -2.31. The average molecular weight is 332 g/mol. The highest BCUT2D eigenvalue weighted by Crippen LogP contribution is 2.16. The molecule has 2 aromatic carbocycles. The van der Waals surface area contributed by atoms with E-state index in [-0.39, 0.29) is 0 Å². The summed E-state index contributed by atoms with van der Waals surface area (Å²) in [7, 11) is 4.03. The fourth-order valence-corrected chi connectivity index (χ4v) is 2.67. The van der Waals surface area contributed by atoms with Crippen LogP contribution in [0.1, 0.15) is 23.6 Å². The third-order valence-electron chi connectivity index (χ3n) is 4.09.